The van der Waals surface area contributed by atoms with Crippen molar-refractivity contribution in [3.8, 4) is 28.7 Å². The molecule has 0 saturated heterocycles. The molecule has 0 spiro atoms. The molecule has 0 N–H and O–H groups in total. The first-order chi connectivity index (χ1) is 13.4. The second-order valence-corrected chi connectivity index (χ2v) is 5.94. The molecule has 0 fully saturated rings. The molecule has 0 radical (unpaired) electrons. The van der Waals surface area contributed by atoms with Crippen molar-refractivity contribution in [2.24, 2.45) is 7.05 Å². The smallest absolute Gasteiger partial charge is 0.355 e. The Morgan fingerprint density at radius 1 is 1.11 bits per heavy atom. The van der Waals surface area contributed by atoms with E-state index in [1.165, 1.54) is 0 Å². The lowest BCUT2D eigenvalue weighted by Gasteiger charge is -2.09. The largest absolute Gasteiger partial charge is 0.461 e. The van der Waals surface area contributed by atoms with Crippen molar-refractivity contribution in [1.82, 2.24) is 4.57 Å². The minimum Gasteiger partial charge on any atom is -0.461 e. The number of carbonyl (C=O) groups is 1. The van der Waals surface area contributed by atoms with Crippen LogP contribution in [0.5, 0.6) is 11.5 Å². The minimum absolute atomic E-state index is 0.0230. The summed E-state index contributed by atoms with van der Waals surface area (Å²) in [5.41, 5.74) is 1.65. The fraction of sp³-hybridized carbons (Fsp3) is 0.143. The molecule has 0 atom stereocenters. The van der Waals surface area contributed by atoms with Crippen molar-refractivity contribution in [3.63, 3.8) is 0 Å². The fourth-order valence-corrected chi connectivity index (χ4v) is 2.86. The van der Waals surface area contributed by atoms with Crippen LogP contribution in [-0.4, -0.2) is 17.1 Å². The lowest BCUT2D eigenvalue weighted by molar-refractivity contribution is 0.0516. The number of aryl methyl sites for hydroxylation is 1. The molecule has 0 aliphatic rings. The molecular weight excluding hydrogens is 366 g/mol. The summed E-state index contributed by atoms with van der Waals surface area (Å²) in [6.45, 7) is 1.91. The lowest BCUT2D eigenvalue weighted by Crippen LogP contribution is -2.10. The Balaban J connectivity index is 1.95. The van der Waals surface area contributed by atoms with Crippen LogP contribution in [0.2, 0.25) is 0 Å². The molecule has 1 aromatic heterocycles. The Kier molecular flexibility index (Phi) is 5.41. The first kappa shape index (κ1) is 19.1. The quantitative estimate of drug-likeness (QED) is 0.594. The molecule has 5 nitrogen and oxygen atoms in total. The third-order valence-corrected chi connectivity index (χ3v) is 3.99. The number of ether oxygens (including phenoxy) is 2. The zero-order valence-corrected chi connectivity index (χ0v) is 15.2. The number of halogens is 2. The predicted octanol–water partition coefficient (Wildman–Crippen LogP) is 4.81. The Morgan fingerprint density at radius 3 is 2.32 bits per heavy atom. The molecule has 0 unspecified atom stereocenters. The molecule has 2 aromatic carbocycles. The van der Waals surface area contributed by atoms with E-state index in [2.05, 4.69) is 6.07 Å². The third kappa shape index (κ3) is 3.86. The van der Waals surface area contributed by atoms with Crippen molar-refractivity contribution in [2.45, 2.75) is 6.92 Å². The van der Waals surface area contributed by atoms with E-state index in [-0.39, 0.29) is 18.1 Å². The summed E-state index contributed by atoms with van der Waals surface area (Å²) in [5.74, 6) is -1.64. The molecule has 142 valence electrons. The SMILES string of the molecule is CCOC(=O)c1c(-c2ccc(Oc3cc(F)cc(F)c3)cc2)c(C#N)cn1C. The van der Waals surface area contributed by atoms with Crippen molar-refractivity contribution >= 4 is 5.97 Å². The summed E-state index contributed by atoms with van der Waals surface area (Å²) in [7, 11) is 1.66. The number of hydrogen-bond acceptors (Lipinski definition) is 4. The molecule has 0 amide bonds. The van der Waals surface area contributed by atoms with Gasteiger partial charge in [0, 0.05) is 37.0 Å². The average molecular weight is 382 g/mol. The highest BCUT2D eigenvalue weighted by Gasteiger charge is 2.22. The van der Waals surface area contributed by atoms with Gasteiger partial charge < -0.3 is 14.0 Å². The van der Waals surface area contributed by atoms with Crippen LogP contribution >= 0.6 is 0 Å². The van der Waals surface area contributed by atoms with Gasteiger partial charge in [-0.1, -0.05) is 12.1 Å². The normalized spacial score (nSPS) is 10.4. The van der Waals surface area contributed by atoms with E-state index >= 15 is 0 Å². The second kappa shape index (κ2) is 7.92. The molecule has 0 saturated carbocycles. The van der Waals surface area contributed by atoms with Gasteiger partial charge in [0.1, 0.15) is 34.9 Å². The molecule has 28 heavy (non-hydrogen) atoms. The zero-order valence-electron chi connectivity index (χ0n) is 15.2. The lowest BCUT2D eigenvalue weighted by atomic mass is 10.0. The van der Waals surface area contributed by atoms with Gasteiger partial charge in [-0.2, -0.15) is 5.26 Å². The summed E-state index contributed by atoms with van der Waals surface area (Å²) in [5, 5.41) is 9.42. The predicted molar refractivity (Wildman–Crippen MR) is 98.0 cm³/mol. The van der Waals surface area contributed by atoms with E-state index in [0.29, 0.717) is 22.4 Å². The van der Waals surface area contributed by atoms with E-state index < -0.39 is 17.6 Å². The second-order valence-electron chi connectivity index (χ2n) is 5.94. The number of rotatable bonds is 5. The van der Waals surface area contributed by atoms with Gasteiger partial charge in [0.2, 0.25) is 0 Å². The molecule has 0 aliphatic carbocycles. The number of hydrogen-bond donors (Lipinski definition) is 0. The van der Waals surface area contributed by atoms with Crippen LogP contribution in [0.1, 0.15) is 23.0 Å². The van der Waals surface area contributed by atoms with Crippen LogP contribution < -0.4 is 4.74 Å². The monoisotopic (exact) mass is 382 g/mol. The molecule has 0 bridgehead atoms. The van der Waals surface area contributed by atoms with Gasteiger partial charge in [-0.25, -0.2) is 13.6 Å². The Hall–Kier alpha value is -3.66. The molecule has 3 rings (SSSR count). The third-order valence-electron chi connectivity index (χ3n) is 3.99. The van der Waals surface area contributed by atoms with E-state index in [4.69, 9.17) is 9.47 Å². The summed E-state index contributed by atoms with van der Waals surface area (Å²) in [4.78, 5) is 12.3. The number of aromatic nitrogens is 1. The van der Waals surface area contributed by atoms with Gasteiger partial charge in [0.25, 0.3) is 0 Å². The van der Waals surface area contributed by atoms with E-state index in [0.717, 1.165) is 18.2 Å². The average Bonchev–Trinajstić information content (AvgIpc) is 2.98. The van der Waals surface area contributed by atoms with Crippen molar-refractivity contribution in [2.75, 3.05) is 6.61 Å². The zero-order chi connectivity index (χ0) is 20.3. The summed E-state index contributed by atoms with van der Waals surface area (Å²) >= 11 is 0. The van der Waals surface area contributed by atoms with Gasteiger partial charge >= 0.3 is 5.97 Å². The van der Waals surface area contributed by atoms with Crippen LogP contribution in [0.3, 0.4) is 0 Å². The van der Waals surface area contributed by atoms with E-state index in [1.54, 1.807) is 49.0 Å². The number of esters is 1. The van der Waals surface area contributed by atoms with Crippen molar-refractivity contribution in [3.05, 3.63) is 71.6 Å². The number of carbonyl (C=O) groups excluding carboxylic acids is 1. The molecule has 3 aromatic rings. The first-order valence-electron chi connectivity index (χ1n) is 8.43. The van der Waals surface area contributed by atoms with Gasteiger partial charge in [-0.15, -0.1) is 0 Å². The number of nitrogens with zero attached hydrogens (tertiary/aromatic N) is 2. The minimum atomic E-state index is -0.742. The van der Waals surface area contributed by atoms with E-state index in [1.807, 2.05) is 0 Å². The topological polar surface area (TPSA) is 64.2 Å². The summed E-state index contributed by atoms with van der Waals surface area (Å²) in [6.07, 6.45) is 1.56. The maximum Gasteiger partial charge on any atom is 0.355 e. The summed E-state index contributed by atoms with van der Waals surface area (Å²) < 4.78 is 38.7. The van der Waals surface area contributed by atoms with Gasteiger partial charge in [-0.05, 0) is 24.6 Å². The van der Waals surface area contributed by atoms with Crippen LogP contribution in [0.15, 0.2) is 48.7 Å². The molecule has 0 aliphatic heterocycles. The molecule has 7 heteroatoms. The van der Waals surface area contributed by atoms with Crippen molar-refractivity contribution < 1.29 is 23.0 Å². The van der Waals surface area contributed by atoms with Crippen LogP contribution in [0.4, 0.5) is 8.78 Å². The molecular formula is C21H16F2N2O3. The number of benzene rings is 2. The summed E-state index contributed by atoms with van der Waals surface area (Å²) in [6, 6.07) is 11.5. The van der Waals surface area contributed by atoms with Crippen LogP contribution in [0.25, 0.3) is 11.1 Å². The highest BCUT2D eigenvalue weighted by atomic mass is 19.1. The van der Waals surface area contributed by atoms with Gasteiger partial charge in [-0.3, -0.25) is 0 Å². The highest BCUT2D eigenvalue weighted by molar-refractivity contribution is 5.97. The number of nitriles is 1. The van der Waals surface area contributed by atoms with Gasteiger partial charge in [0.15, 0.2) is 0 Å². The Bertz CT molecular complexity index is 1050. The fourth-order valence-electron chi connectivity index (χ4n) is 2.86. The van der Waals surface area contributed by atoms with Crippen LogP contribution in [0, 0.1) is 23.0 Å². The Morgan fingerprint density at radius 2 is 1.75 bits per heavy atom. The van der Waals surface area contributed by atoms with Crippen molar-refractivity contribution in [1.29, 1.82) is 5.26 Å². The van der Waals surface area contributed by atoms with E-state index in [9.17, 15) is 18.8 Å². The maximum atomic E-state index is 13.3. The first-order valence-corrected chi connectivity index (χ1v) is 8.43. The van der Waals surface area contributed by atoms with Gasteiger partial charge in [0.05, 0.1) is 12.2 Å². The highest BCUT2D eigenvalue weighted by Crippen LogP contribution is 2.32. The standard InChI is InChI=1S/C21H16F2N2O3/c1-3-27-21(26)20-19(14(11-24)12-25(20)2)13-4-6-17(7-5-13)28-18-9-15(22)8-16(23)10-18/h4-10,12H,3H2,1-2H3. The van der Waals surface area contributed by atoms with Crippen LogP contribution in [-0.2, 0) is 11.8 Å². The Labute approximate surface area is 160 Å². The maximum absolute atomic E-state index is 13.3. The molecule has 1 heterocycles.